The lowest BCUT2D eigenvalue weighted by molar-refractivity contribution is -0.127. The molecule has 3 heteroatoms. The van der Waals surface area contributed by atoms with Gasteiger partial charge in [-0.2, -0.15) is 0 Å². The minimum atomic E-state index is 0.191. The average Bonchev–Trinajstić information content (AvgIpc) is 2.07. The molecule has 11 heavy (non-hydrogen) atoms. The van der Waals surface area contributed by atoms with Crippen molar-refractivity contribution in [3.63, 3.8) is 0 Å². The number of hydrogen-bond acceptors (Lipinski definition) is 2. The molecule has 1 fully saturated rings. The molecule has 1 heterocycles. The zero-order valence-electron chi connectivity index (χ0n) is 6.93. The molecule has 64 valence electrons. The van der Waals surface area contributed by atoms with Crippen LogP contribution in [0.1, 0.15) is 19.8 Å². The van der Waals surface area contributed by atoms with Gasteiger partial charge < -0.3 is 10.1 Å². The SMILES string of the molecule is CCNC(=O)C1CCOCC1. The molecule has 0 unspecified atom stereocenters. The van der Waals surface area contributed by atoms with Crippen molar-refractivity contribution in [1.82, 2.24) is 5.32 Å². The number of amides is 1. The second kappa shape index (κ2) is 4.34. The van der Waals surface area contributed by atoms with Crippen molar-refractivity contribution in [3.05, 3.63) is 0 Å². The van der Waals surface area contributed by atoms with Crippen LogP contribution in [0.3, 0.4) is 0 Å². The topological polar surface area (TPSA) is 38.3 Å². The maximum Gasteiger partial charge on any atom is 0.223 e. The fraction of sp³-hybridized carbons (Fsp3) is 0.875. The fourth-order valence-electron chi connectivity index (χ4n) is 1.28. The molecule has 0 atom stereocenters. The van der Waals surface area contributed by atoms with Gasteiger partial charge in [0.15, 0.2) is 0 Å². The highest BCUT2D eigenvalue weighted by atomic mass is 16.5. The smallest absolute Gasteiger partial charge is 0.223 e. The molecule has 0 aromatic rings. The van der Waals surface area contributed by atoms with Crippen LogP contribution in [-0.2, 0) is 9.53 Å². The highest BCUT2D eigenvalue weighted by Gasteiger charge is 2.20. The predicted molar refractivity (Wildman–Crippen MR) is 42.2 cm³/mol. The van der Waals surface area contributed by atoms with Gasteiger partial charge in [0.25, 0.3) is 0 Å². The maximum absolute atomic E-state index is 11.2. The molecule has 3 nitrogen and oxygen atoms in total. The standard InChI is InChI=1S/C8H15NO2/c1-2-9-8(10)7-3-5-11-6-4-7/h7H,2-6H2,1H3,(H,9,10). The van der Waals surface area contributed by atoms with Crippen LogP contribution in [0.25, 0.3) is 0 Å². The van der Waals surface area contributed by atoms with Gasteiger partial charge >= 0.3 is 0 Å². The molecule has 1 rings (SSSR count). The van der Waals surface area contributed by atoms with E-state index in [0.29, 0.717) is 0 Å². The van der Waals surface area contributed by atoms with E-state index >= 15 is 0 Å². The molecule has 0 spiro atoms. The van der Waals surface area contributed by atoms with Gasteiger partial charge in [0.05, 0.1) is 0 Å². The fourth-order valence-corrected chi connectivity index (χ4v) is 1.28. The van der Waals surface area contributed by atoms with Gasteiger partial charge in [-0.25, -0.2) is 0 Å². The Hall–Kier alpha value is -0.570. The van der Waals surface area contributed by atoms with E-state index in [-0.39, 0.29) is 11.8 Å². The molecule has 0 aromatic heterocycles. The highest BCUT2D eigenvalue weighted by Crippen LogP contribution is 2.13. The van der Waals surface area contributed by atoms with Gasteiger partial charge in [-0.1, -0.05) is 0 Å². The lowest BCUT2D eigenvalue weighted by Crippen LogP contribution is -2.33. The van der Waals surface area contributed by atoms with E-state index in [1.165, 1.54) is 0 Å². The van der Waals surface area contributed by atoms with Crippen LogP contribution in [0.15, 0.2) is 0 Å². The van der Waals surface area contributed by atoms with Gasteiger partial charge in [-0.15, -0.1) is 0 Å². The zero-order chi connectivity index (χ0) is 8.10. The third-order valence-corrected chi connectivity index (χ3v) is 1.94. The monoisotopic (exact) mass is 157 g/mol. The Morgan fingerprint density at radius 2 is 2.18 bits per heavy atom. The first-order valence-corrected chi connectivity index (χ1v) is 4.20. The van der Waals surface area contributed by atoms with Gasteiger partial charge in [-0.05, 0) is 19.8 Å². The van der Waals surface area contributed by atoms with Crippen molar-refractivity contribution in [2.45, 2.75) is 19.8 Å². The van der Waals surface area contributed by atoms with Gasteiger partial charge in [0.1, 0.15) is 0 Å². The highest BCUT2D eigenvalue weighted by molar-refractivity contribution is 5.78. The molecule has 1 N–H and O–H groups in total. The average molecular weight is 157 g/mol. The summed E-state index contributed by atoms with van der Waals surface area (Å²) in [6, 6.07) is 0. The Morgan fingerprint density at radius 3 is 2.73 bits per heavy atom. The van der Waals surface area contributed by atoms with Crippen LogP contribution in [-0.4, -0.2) is 25.7 Å². The zero-order valence-corrected chi connectivity index (χ0v) is 6.93. The summed E-state index contributed by atoms with van der Waals surface area (Å²) in [7, 11) is 0. The summed E-state index contributed by atoms with van der Waals surface area (Å²) in [5.41, 5.74) is 0. The number of carbonyl (C=O) groups is 1. The van der Waals surface area contributed by atoms with E-state index < -0.39 is 0 Å². The maximum atomic E-state index is 11.2. The Balaban J connectivity index is 2.27. The second-order valence-corrected chi connectivity index (χ2v) is 2.78. The Bertz CT molecular complexity index is 130. The van der Waals surface area contributed by atoms with Crippen molar-refractivity contribution in [3.8, 4) is 0 Å². The van der Waals surface area contributed by atoms with E-state index in [1.54, 1.807) is 0 Å². The summed E-state index contributed by atoms with van der Waals surface area (Å²) in [4.78, 5) is 11.2. The first kappa shape index (κ1) is 8.53. The summed E-state index contributed by atoms with van der Waals surface area (Å²) in [5, 5.41) is 2.82. The molecule has 1 amide bonds. The summed E-state index contributed by atoms with van der Waals surface area (Å²) >= 11 is 0. The van der Waals surface area contributed by atoms with E-state index in [9.17, 15) is 4.79 Å². The third kappa shape index (κ3) is 2.50. The number of carbonyl (C=O) groups excluding carboxylic acids is 1. The molecule has 0 radical (unpaired) electrons. The molecular weight excluding hydrogens is 142 g/mol. The lowest BCUT2D eigenvalue weighted by atomic mass is 10.00. The Kier molecular flexibility index (Phi) is 3.36. The number of nitrogens with one attached hydrogen (secondary N) is 1. The van der Waals surface area contributed by atoms with Crippen molar-refractivity contribution in [2.75, 3.05) is 19.8 Å². The summed E-state index contributed by atoms with van der Waals surface area (Å²) < 4.78 is 5.15. The molecular formula is C8H15NO2. The van der Waals surface area contributed by atoms with Gasteiger partial charge in [0.2, 0.25) is 5.91 Å². The number of ether oxygens (including phenoxy) is 1. The molecule has 1 aliphatic rings. The van der Waals surface area contributed by atoms with Crippen molar-refractivity contribution in [1.29, 1.82) is 0 Å². The predicted octanol–water partition coefficient (Wildman–Crippen LogP) is 0.549. The van der Waals surface area contributed by atoms with Crippen LogP contribution < -0.4 is 5.32 Å². The third-order valence-electron chi connectivity index (χ3n) is 1.94. The van der Waals surface area contributed by atoms with Gasteiger partial charge in [0, 0.05) is 25.7 Å². The first-order valence-electron chi connectivity index (χ1n) is 4.20. The molecule has 1 saturated heterocycles. The molecule has 0 bridgehead atoms. The van der Waals surface area contributed by atoms with E-state index in [1.807, 2.05) is 6.92 Å². The van der Waals surface area contributed by atoms with Crippen LogP contribution in [0, 0.1) is 5.92 Å². The first-order chi connectivity index (χ1) is 5.34. The molecule has 1 aliphatic heterocycles. The van der Waals surface area contributed by atoms with Crippen LogP contribution >= 0.6 is 0 Å². The van der Waals surface area contributed by atoms with Crippen molar-refractivity contribution in [2.24, 2.45) is 5.92 Å². The van der Waals surface area contributed by atoms with E-state index in [2.05, 4.69) is 5.32 Å². The summed E-state index contributed by atoms with van der Waals surface area (Å²) in [5.74, 6) is 0.388. The number of rotatable bonds is 2. The second-order valence-electron chi connectivity index (χ2n) is 2.78. The molecule has 0 aliphatic carbocycles. The minimum absolute atomic E-state index is 0.191. The number of hydrogen-bond donors (Lipinski definition) is 1. The molecule has 0 saturated carbocycles. The Morgan fingerprint density at radius 1 is 1.55 bits per heavy atom. The van der Waals surface area contributed by atoms with Crippen LogP contribution in [0.2, 0.25) is 0 Å². The summed E-state index contributed by atoms with van der Waals surface area (Å²) in [6.45, 7) is 4.15. The van der Waals surface area contributed by atoms with Crippen LogP contribution in [0.5, 0.6) is 0 Å². The van der Waals surface area contributed by atoms with Crippen molar-refractivity contribution >= 4 is 5.91 Å². The molecule has 0 aromatic carbocycles. The normalized spacial score (nSPS) is 19.7. The largest absolute Gasteiger partial charge is 0.381 e. The summed E-state index contributed by atoms with van der Waals surface area (Å²) in [6.07, 6.45) is 1.76. The minimum Gasteiger partial charge on any atom is -0.381 e. The van der Waals surface area contributed by atoms with Gasteiger partial charge in [-0.3, -0.25) is 4.79 Å². The van der Waals surface area contributed by atoms with Crippen LogP contribution in [0.4, 0.5) is 0 Å². The van der Waals surface area contributed by atoms with E-state index in [0.717, 1.165) is 32.6 Å². The Labute approximate surface area is 67.1 Å². The van der Waals surface area contributed by atoms with Crippen molar-refractivity contribution < 1.29 is 9.53 Å². The quantitative estimate of drug-likeness (QED) is 0.635. The van der Waals surface area contributed by atoms with E-state index in [4.69, 9.17) is 4.74 Å². The lowest BCUT2D eigenvalue weighted by Gasteiger charge is -2.20.